The Labute approximate surface area is 175 Å². The van der Waals surface area contributed by atoms with E-state index in [4.69, 9.17) is 4.74 Å². The highest BCUT2D eigenvalue weighted by atomic mass is 32.2. The van der Waals surface area contributed by atoms with Crippen LogP contribution in [0.3, 0.4) is 0 Å². The van der Waals surface area contributed by atoms with Crippen molar-refractivity contribution in [3.05, 3.63) is 51.4 Å². The summed E-state index contributed by atoms with van der Waals surface area (Å²) in [7, 11) is 1.67. The Balaban J connectivity index is 1.64. The molecule has 7 nitrogen and oxygen atoms in total. The van der Waals surface area contributed by atoms with Crippen LogP contribution in [0.2, 0.25) is 0 Å². The van der Waals surface area contributed by atoms with Gasteiger partial charge >= 0.3 is 0 Å². The average molecular weight is 417 g/mol. The minimum atomic E-state index is -0.121. The molecule has 0 saturated heterocycles. The highest BCUT2D eigenvalue weighted by Gasteiger charge is 2.22. The van der Waals surface area contributed by atoms with Crippen molar-refractivity contribution in [1.82, 2.24) is 20.2 Å². The lowest BCUT2D eigenvalue weighted by molar-refractivity contribution is -0.119. The van der Waals surface area contributed by atoms with Crippen LogP contribution in [0.4, 0.5) is 0 Å². The van der Waals surface area contributed by atoms with Gasteiger partial charge < -0.3 is 15.0 Å². The van der Waals surface area contributed by atoms with E-state index in [9.17, 15) is 9.59 Å². The van der Waals surface area contributed by atoms with Crippen molar-refractivity contribution in [2.45, 2.75) is 51.0 Å². The van der Waals surface area contributed by atoms with Crippen LogP contribution in [0.25, 0.3) is 0 Å². The van der Waals surface area contributed by atoms with E-state index in [1.807, 2.05) is 38.1 Å². The first-order valence-electron chi connectivity index (χ1n) is 9.88. The van der Waals surface area contributed by atoms with Gasteiger partial charge in [0.1, 0.15) is 5.75 Å². The fourth-order valence-corrected chi connectivity index (χ4v) is 3.98. The molecule has 29 heavy (non-hydrogen) atoms. The summed E-state index contributed by atoms with van der Waals surface area (Å²) in [5.41, 5.74) is 2.52. The molecule has 156 valence electrons. The maximum absolute atomic E-state index is 12.6. The van der Waals surface area contributed by atoms with Gasteiger partial charge in [0.05, 0.1) is 24.1 Å². The normalized spacial score (nSPS) is 14.9. The molecule has 2 N–H and O–H groups in total. The molecule has 2 aromatic rings. The number of rotatable bonds is 8. The SMILES string of the molecule is CCC(C)NC(=O)CSc1nc2c(c(=O)[nH]1)CN(Cc1ccccc1OC)CC2. The van der Waals surface area contributed by atoms with Crippen LogP contribution in [-0.2, 0) is 24.3 Å². The molecule has 1 atom stereocenters. The maximum atomic E-state index is 12.6. The Bertz CT molecular complexity index is 915. The summed E-state index contributed by atoms with van der Waals surface area (Å²) in [6, 6.07) is 8.08. The van der Waals surface area contributed by atoms with Crippen LogP contribution in [0, 0.1) is 0 Å². The molecular weight excluding hydrogens is 388 g/mol. The number of hydrogen-bond acceptors (Lipinski definition) is 6. The zero-order valence-electron chi connectivity index (χ0n) is 17.2. The number of nitrogens with zero attached hydrogens (tertiary/aromatic N) is 2. The van der Waals surface area contributed by atoms with Crippen molar-refractivity contribution in [3.63, 3.8) is 0 Å². The highest BCUT2D eigenvalue weighted by Crippen LogP contribution is 2.23. The first kappa shape index (κ1) is 21.4. The van der Waals surface area contributed by atoms with Crippen molar-refractivity contribution < 1.29 is 9.53 Å². The van der Waals surface area contributed by atoms with Gasteiger partial charge in [0, 0.05) is 37.7 Å². The van der Waals surface area contributed by atoms with Crippen LogP contribution < -0.4 is 15.6 Å². The number of H-pyrrole nitrogens is 1. The van der Waals surface area contributed by atoms with Gasteiger partial charge in [-0.25, -0.2) is 4.98 Å². The van der Waals surface area contributed by atoms with Gasteiger partial charge in [-0.15, -0.1) is 0 Å². The van der Waals surface area contributed by atoms with E-state index in [0.29, 0.717) is 23.7 Å². The summed E-state index contributed by atoms with van der Waals surface area (Å²) in [6.07, 6.45) is 1.59. The second-order valence-electron chi connectivity index (χ2n) is 7.23. The fourth-order valence-electron chi connectivity index (χ4n) is 3.29. The number of benzene rings is 1. The van der Waals surface area contributed by atoms with Gasteiger partial charge in [0.25, 0.3) is 5.56 Å². The minimum absolute atomic E-state index is 0.0484. The lowest BCUT2D eigenvalue weighted by Crippen LogP contribution is -2.36. The molecule has 1 unspecified atom stereocenters. The second kappa shape index (κ2) is 9.93. The molecule has 2 heterocycles. The summed E-state index contributed by atoms with van der Waals surface area (Å²) >= 11 is 1.27. The molecule has 0 spiro atoms. The number of methoxy groups -OCH3 is 1. The van der Waals surface area contributed by atoms with Gasteiger partial charge in [-0.3, -0.25) is 14.5 Å². The quantitative estimate of drug-likeness (QED) is 0.507. The first-order valence-corrected chi connectivity index (χ1v) is 10.9. The topological polar surface area (TPSA) is 87.3 Å². The van der Waals surface area contributed by atoms with Gasteiger partial charge in [-0.2, -0.15) is 0 Å². The molecule has 1 aromatic heterocycles. The number of amides is 1. The Morgan fingerprint density at radius 1 is 1.41 bits per heavy atom. The van der Waals surface area contributed by atoms with Crippen molar-refractivity contribution >= 4 is 17.7 Å². The van der Waals surface area contributed by atoms with Gasteiger partial charge in [-0.1, -0.05) is 36.9 Å². The number of fused-ring (bicyclic) bond motifs is 1. The van der Waals surface area contributed by atoms with E-state index in [0.717, 1.165) is 36.5 Å². The number of nitrogens with one attached hydrogen (secondary N) is 2. The second-order valence-corrected chi connectivity index (χ2v) is 8.20. The smallest absolute Gasteiger partial charge is 0.256 e. The van der Waals surface area contributed by atoms with Crippen molar-refractivity contribution in [1.29, 1.82) is 0 Å². The maximum Gasteiger partial charge on any atom is 0.256 e. The summed E-state index contributed by atoms with van der Waals surface area (Å²) in [5.74, 6) is 1.05. The first-order chi connectivity index (χ1) is 14.0. The van der Waals surface area contributed by atoms with Gasteiger partial charge in [0.15, 0.2) is 5.16 Å². The third-order valence-corrected chi connectivity index (χ3v) is 5.95. The fraction of sp³-hybridized carbons (Fsp3) is 0.476. The molecule has 1 aliphatic heterocycles. The summed E-state index contributed by atoms with van der Waals surface area (Å²) in [6.45, 7) is 6.08. The standard InChI is InChI=1S/C21H28N4O3S/c1-4-14(2)22-19(26)13-29-21-23-17-9-10-25(12-16(17)20(27)24-21)11-15-7-5-6-8-18(15)28-3/h5-8,14H,4,9-13H2,1-3H3,(H,22,26)(H,23,24,27). The monoisotopic (exact) mass is 416 g/mol. The number of carbonyl (C=O) groups excluding carboxylic acids is 1. The molecule has 1 aromatic carbocycles. The molecule has 0 saturated carbocycles. The third-order valence-electron chi connectivity index (χ3n) is 5.07. The molecule has 1 amide bonds. The van der Waals surface area contributed by atoms with E-state index < -0.39 is 0 Å². The highest BCUT2D eigenvalue weighted by molar-refractivity contribution is 7.99. The number of aromatic amines is 1. The lowest BCUT2D eigenvalue weighted by Gasteiger charge is -2.28. The van der Waals surface area contributed by atoms with E-state index in [-0.39, 0.29) is 23.3 Å². The average Bonchev–Trinajstić information content (AvgIpc) is 2.73. The van der Waals surface area contributed by atoms with Crippen molar-refractivity contribution in [2.75, 3.05) is 19.4 Å². The molecule has 3 rings (SSSR count). The molecule has 0 bridgehead atoms. The number of carbonyl (C=O) groups is 1. The van der Waals surface area contributed by atoms with Gasteiger partial charge in [0.2, 0.25) is 5.91 Å². The van der Waals surface area contributed by atoms with E-state index in [2.05, 4.69) is 20.2 Å². The van der Waals surface area contributed by atoms with Crippen LogP contribution in [-0.4, -0.2) is 46.2 Å². The molecule has 0 radical (unpaired) electrons. The van der Waals surface area contributed by atoms with Gasteiger partial charge in [-0.05, 0) is 19.4 Å². The number of ether oxygens (including phenoxy) is 1. The Kier molecular flexibility index (Phi) is 7.33. The zero-order valence-corrected chi connectivity index (χ0v) is 18.0. The predicted molar refractivity (Wildman–Crippen MR) is 114 cm³/mol. The van der Waals surface area contributed by atoms with Crippen LogP contribution >= 0.6 is 11.8 Å². The molecular formula is C21H28N4O3S. The summed E-state index contributed by atoms with van der Waals surface area (Å²) in [5, 5.41) is 3.42. The van der Waals surface area contributed by atoms with Crippen LogP contribution in [0.1, 0.15) is 37.1 Å². The lowest BCUT2D eigenvalue weighted by atomic mass is 10.1. The predicted octanol–water partition coefficient (Wildman–Crippen LogP) is 2.34. The Morgan fingerprint density at radius 2 is 2.21 bits per heavy atom. The van der Waals surface area contributed by atoms with Crippen molar-refractivity contribution in [3.8, 4) is 5.75 Å². The van der Waals surface area contributed by atoms with E-state index in [1.165, 1.54) is 11.8 Å². The molecule has 0 aliphatic carbocycles. The van der Waals surface area contributed by atoms with Crippen LogP contribution in [0.15, 0.2) is 34.2 Å². The van der Waals surface area contributed by atoms with E-state index in [1.54, 1.807) is 7.11 Å². The number of aromatic nitrogens is 2. The number of thioether (sulfide) groups is 1. The largest absolute Gasteiger partial charge is 0.496 e. The van der Waals surface area contributed by atoms with Crippen LogP contribution in [0.5, 0.6) is 5.75 Å². The number of para-hydroxylation sites is 1. The molecule has 1 aliphatic rings. The van der Waals surface area contributed by atoms with E-state index >= 15 is 0 Å². The third kappa shape index (κ3) is 5.61. The zero-order chi connectivity index (χ0) is 20.8. The Morgan fingerprint density at radius 3 is 2.97 bits per heavy atom. The summed E-state index contributed by atoms with van der Waals surface area (Å²) < 4.78 is 5.43. The summed E-state index contributed by atoms with van der Waals surface area (Å²) in [4.78, 5) is 34.2. The molecule has 8 heteroatoms. The minimum Gasteiger partial charge on any atom is -0.496 e. The molecule has 0 fully saturated rings. The van der Waals surface area contributed by atoms with Crippen molar-refractivity contribution in [2.24, 2.45) is 0 Å². The number of hydrogen-bond donors (Lipinski definition) is 2. The Hall–Kier alpha value is -2.32.